The zero-order valence-electron chi connectivity index (χ0n) is 9.67. The number of halogens is 3. The molecular formula is C11H17F3N2O. The standard InChI is InChI=1S/C11H17F3N2O/c12-11(13,14)10(17)16-7-4-9(8-16)15-5-2-1-3-6-15/h9H,1-8H2. The maximum absolute atomic E-state index is 12.3. The predicted molar refractivity (Wildman–Crippen MR) is 56.5 cm³/mol. The largest absolute Gasteiger partial charge is 0.471 e. The summed E-state index contributed by atoms with van der Waals surface area (Å²) in [7, 11) is 0. The van der Waals surface area contributed by atoms with Crippen LogP contribution >= 0.6 is 0 Å². The van der Waals surface area contributed by atoms with Gasteiger partial charge in [-0.15, -0.1) is 0 Å². The first kappa shape index (κ1) is 12.7. The summed E-state index contributed by atoms with van der Waals surface area (Å²) in [4.78, 5) is 14.3. The minimum absolute atomic E-state index is 0.126. The topological polar surface area (TPSA) is 23.6 Å². The van der Waals surface area contributed by atoms with Gasteiger partial charge in [0.2, 0.25) is 0 Å². The number of amides is 1. The van der Waals surface area contributed by atoms with E-state index in [1.165, 1.54) is 6.42 Å². The molecule has 0 aliphatic carbocycles. The molecule has 1 atom stereocenters. The molecule has 0 radical (unpaired) electrons. The van der Waals surface area contributed by atoms with Crippen LogP contribution in [-0.2, 0) is 4.79 Å². The van der Waals surface area contributed by atoms with Crippen LogP contribution in [0.3, 0.4) is 0 Å². The quantitative estimate of drug-likeness (QED) is 0.706. The van der Waals surface area contributed by atoms with E-state index in [-0.39, 0.29) is 19.1 Å². The molecule has 1 amide bonds. The van der Waals surface area contributed by atoms with Crippen molar-refractivity contribution in [1.82, 2.24) is 9.80 Å². The van der Waals surface area contributed by atoms with Crippen LogP contribution in [0.15, 0.2) is 0 Å². The average Bonchev–Trinajstić information content (AvgIpc) is 2.77. The molecule has 0 saturated carbocycles. The van der Waals surface area contributed by atoms with Crippen LogP contribution in [0.5, 0.6) is 0 Å². The Balaban J connectivity index is 1.88. The zero-order chi connectivity index (χ0) is 12.5. The van der Waals surface area contributed by atoms with Crippen LogP contribution in [0, 0.1) is 0 Å². The third-order valence-electron chi connectivity index (χ3n) is 3.60. The van der Waals surface area contributed by atoms with E-state index in [1.54, 1.807) is 0 Å². The Morgan fingerprint density at radius 3 is 2.29 bits per heavy atom. The first-order valence-electron chi connectivity index (χ1n) is 6.08. The Kier molecular flexibility index (Phi) is 3.61. The van der Waals surface area contributed by atoms with E-state index in [1.807, 2.05) is 0 Å². The SMILES string of the molecule is O=C(N1CCC(N2CCCCC2)C1)C(F)(F)F. The van der Waals surface area contributed by atoms with Gasteiger partial charge in [0.25, 0.3) is 0 Å². The van der Waals surface area contributed by atoms with Crippen LogP contribution in [0.4, 0.5) is 13.2 Å². The van der Waals surface area contributed by atoms with Crippen molar-refractivity contribution in [3.8, 4) is 0 Å². The molecule has 1 unspecified atom stereocenters. The highest BCUT2D eigenvalue weighted by molar-refractivity contribution is 5.82. The summed E-state index contributed by atoms with van der Waals surface area (Å²) in [6.07, 6.45) is -0.625. The molecule has 2 saturated heterocycles. The van der Waals surface area contributed by atoms with E-state index in [0.717, 1.165) is 30.8 Å². The third-order valence-corrected chi connectivity index (χ3v) is 3.60. The molecule has 17 heavy (non-hydrogen) atoms. The highest BCUT2D eigenvalue weighted by Gasteiger charge is 2.45. The van der Waals surface area contributed by atoms with Crippen molar-refractivity contribution in [2.75, 3.05) is 26.2 Å². The number of alkyl halides is 3. The monoisotopic (exact) mass is 250 g/mol. The summed E-state index contributed by atoms with van der Waals surface area (Å²) < 4.78 is 36.8. The summed E-state index contributed by atoms with van der Waals surface area (Å²) in [5.74, 6) is -1.68. The lowest BCUT2D eigenvalue weighted by Crippen LogP contribution is -2.44. The predicted octanol–water partition coefficient (Wildman–Crippen LogP) is 1.64. The normalized spacial score (nSPS) is 27.5. The van der Waals surface area contributed by atoms with E-state index >= 15 is 0 Å². The summed E-state index contributed by atoms with van der Waals surface area (Å²) >= 11 is 0. The number of rotatable bonds is 1. The first-order valence-corrected chi connectivity index (χ1v) is 6.08. The van der Waals surface area contributed by atoms with Crippen LogP contribution in [0.1, 0.15) is 25.7 Å². The van der Waals surface area contributed by atoms with Gasteiger partial charge in [-0.3, -0.25) is 9.69 Å². The Bertz CT molecular complexity index is 287. The molecule has 98 valence electrons. The molecule has 2 aliphatic rings. The zero-order valence-corrected chi connectivity index (χ0v) is 9.67. The molecule has 0 aromatic heterocycles. The molecule has 6 heteroatoms. The molecule has 2 heterocycles. The van der Waals surface area contributed by atoms with Gasteiger partial charge in [-0.2, -0.15) is 13.2 Å². The van der Waals surface area contributed by atoms with Crippen molar-refractivity contribution in [1.29, 1.82) is 0 Å². The van der Waals surface area contributed by atoms with Crippen molar-refractivity contribution in [3.63, 3.8) is 0 Å². The molecule has 2 aliphatic heterocycles. The number of likely N-dealkylation sites (tertiary alicyclic amines) is 2. The average molecular weight is 250 g/mol. The third kappa shape index (κ3) is 2.91. The first-order chi connectivity index (χ1) is 7.98. The fraction of sp³-hybridized carbons (Fsp3) is 0.909. The van der Waals surface area contributed by atoms with E-state index in [2.05, 4.69) is 4.90 Å². The highest BCUT2D eigenvalue weighted by atomic mass is 19.4. The summed E-state index contributed by atoms with van der Waals surface area (Å²) in [5.41, 5.74) is 0. The molecule has 2 fully saturated rings. The van der Waals surface area contributed by atoms with Gasteiger partial charge in [-0.1, -0.05) is 6.42 Å². The minimum atomic E-state index is -4.73. The Labute approximate surface area is 98.6 Å². The summed E-state index contributed by atoms with van der Waals surface area (Å²) in [6, 6.07) is 0.126. The van der Waals surface area contributed by atoms with Gasteiger partial charge in [-0.25, -0.2) is 0 Å². The number of piperidine rings is 1. The van der Waals surface area contributed by atoms with Crippen molar-refractivity contribution < 1.29 is 18.0 Å². The summed E-state index contributed by atoms with van der Waals surface area (Å²) in [6.45, 7) is 2.38. The lowest BCUT2D eigenvalue weighted by Gasteiger charge is -2.32. The van der Waals surface area contributed by atoms with Gasteiger partial charge in [0.1, 0.15) is 0 Å². The van der Waals surface area contributed by atoms with Gasteiger partial charge in [-0.05, 0) is 32.4 Å². The second-order valence-electron chi connectivity index (χ2n) is 4.79. The number of nitrogens with zero attached hydrogens (tertiary/aromatic N) is 2. The maximum atomic E-state index is 12.3. The van der Waals surface area contributed by atoms with E-state index < -0.39 is 12.1 Å². The van der Waals surface area contributed by atoms with Crippen LogP contribution in [0.25, 0.3) is 0 Å². The van der Waals surface area contributed by atoms with Gasteiger partial charge < -0.3 is 4.90 Å². The Hall–Kier alpha value is -0.780. The molecule has 0 aromatic carbocycles. The molecule has 0 N–H and O–H groups in total. The fourth-order valence-electron chi connectivity index (χ4n) is 2.69. The minimum Gasteiger partial charge on any atom is -0.333 e. The Morgan fingerprint density at radius 2 is 1.71 bits per heavy atom. The van der Waals surface area contributed by atoms with Crippen molar-refractivity contribution >= 4 is 5.91 Å². The van der Waals surface area contributed by atoms with Crippen LogP contribution in [-0.4, -0.2) is 54.1 Å². The van der Waals surface area contributed by atoms with Crippen LogP contribution < -0.4 is 0 Å². The molecule has 2 rings (SSSR count). The van der Waals surface area contributed by atoms with Crippen molar-refractivity contribution in [2.45, 2.75) is 37.9 Å². The van der Waals surface area contributed by atoms with Gasteiger partial charge in [0.15, 0.2) is 0 Å². The second-order valence-corrected chi connectivity index (χ2v) is 4.79. The molecular weight excluding hydrogens is 233 g/mol. The van der Waals surface area contributed by atoms with Gasteiger partial charge in [0, 0.05) is 19.1 Å². The smallest absolute Gasteiger partial charge is 0.333 e. The van der Waals surface area contributed by atoms with E-state index in [9.17, 15) is 18.0 Å². The second kappa shape index (κ2) is 4.84. The number of hydrogen-bond donors (Lipinski definition) is 0. The number of carbonyl (C=O) groups is 1. The Morgan fingerprint density at radius 1 is 1.06 bits per heavy atom. The molecule has 3 nitrogen and oxygen atoms in total. The van der Waals surface area contributed by atoms with Gasteiger partial charge in [0.05, 0.1) is 0 Å². The highest BCUT2D eigenvalue weighted by Crippen LogP contribution is 2.25. The number of hydrogen-bond acceptors (Lipinski definition) is 2. The summed E-state index contributed by atoms with van der Waals surface area (Å²) in [5, 5.41) is 0. The van der Waals surface area contributed by atoms with Gasteiger partial charge >= 0.3 is 12.1 Å². The van der Waals surface area contributed by atoms with Crippen LogP contribution in [0.2, 0.25) is 0 Å². The molecule has 0 bridgehead atoms. The van der Waals surface area contributed by atoms with Crippen molar-refractivity contribution in [3.05, 3.63) is 0 Å². The van der Waals surface area contributed by atoms with E-state index in [0.29, 0.717) is 6.42 Å². The van der Waals surface area contributed by atoms with E-state index in [4.69, 9.17) is 0 Å². The molecule has 0 aromatic rings. The lowest BCUT2D eigenvalue weighted by atomic mass is 10.1. The molecule has 0 spiro atoms. The lowest BCUT2D eigenvalue weighted by molar-refractivity contribution is -0.184. The maximum Gasteiger partial charge on any atom is 0.471 e. The van der Waals surface area contributed by atoms with Crippen molar-refractivity contribution in [2.24, 2.45) is 0 Å². The fourth-order valence-corrected chi connectivity index (χ4v) is 2.69. The number of carbonyl (C=O) groups excluding carboxylic acids is 1.